The number of nitrogens with zero attached hydrogens (tertiary/aromatic N) is 3. The van der Waals surface area contributed by atoms with Gasteiger partial charge in [0.25, 0.3) is 0 Å². The van der Waals surface area contributed by atoms with Gasteiger partial charge in [-0.05, 0) is 33.8 Å². The molecule has 0 aliphatic rings. The zero-order valence-electron chi connectivity index (χ0n) is 11.7. The van der Waals surface area contributed by atoms with Gasteiger partial charge in [0.15, 0.2) is 0 Å². The molecule has 0 aromatic carbocycles. The van der Waals surface area contributed by atoms with Crippen molar-refractivity contribution in [1.82, 2.24) is 19.9 Å². The standard InChI is InChI=1S/C14H22N4/c1-5-18-12-6-8-15-10-11(12)17-13(18)7-9-16-14(2,3)4/h6,8,10,16H,5,7,9H2,1-4H3. The molecule has 0 aliphatic heterocycles. The number of imidazole rings is 1. The molecule has 2 aromatic rings. The molecule has 0 radical (unpaired) electrons. The Labute approximate surface area is 108 Å². The first-order valence-electron chi connectivity index (χ1n) is 6.55. The maximum Gasteiger partial charge on any atom is 0.111 e. The first kappa shape index (κ1) is 13.0. The third-order valence-electron chi connectivity index (χ3n) is 2.95. The van der Waals surface area contributed by atoms with Crippen LogP contribution < -0.4 is 5.32 Å². The summed E-state index contributed by atoms with van der Waals surface area (Å²) >= 11 is 0. The third kappa shape index (κ3) is 2.88. The van der Waals surface area contributed by atoms with Crippen molar-refractivity contribution in [2.45, 2.75) is 46.2 Å². The molecule has 98 valence electrons. The first-order chi connectivity index (χ1) is 8.51. The summed E-state index contributed by atoms with van der Waals surface area (Å²) in [6.07, 6.45) is 4.61. The van der Waals surface area contributed by atoms with Gasteiger partial charge in [0.2, 0.25) is 0 Å². The Balaban J connectivity index is 2.17. The largest absolute Gasteiger partial charge is 0.328 e. The van der Waals surface area contributed by atoms with Gasteiger partial charge in [0, 0.05) is 31.2 Å². The van der Waals surface area contributed by atoms with Gasteiger partial charge in [-0.3, -0.25) is 4.98 Å². The number of fused-ring (bicyclic) bond motifs is 1. The normalized spacial score (nSPS) is 12.2. The van der Waals surface area contributed by atoms with E-state index in [4.69, 9.17) is 0 Å². The summed E-state index contributed by atoms with van der Waals surface area (Å²) in [6, 6.07) is 2.03. The molecule has 0 aliphatic carbocycles. The van der Waals surface area contributed by atoms with E-state index in [1.54, 1.807) is 0 Å². The zero-order valence-corrected chi connectivity index (χ0v) is 11.7. The maximum atomic E-state index is 4.66. The van der Waals surface area contributed by atoms with E-state index in [2.05, 4.69) is 47.5 Å². The van der Waals surface area contributed by atoms with Gasteiger partial charge < -0.3 is 9.88 Å². The number of pyridine rings is 1. The molecule has 0 bridgehead atoms. The highest BCUT2D eigenvalue weighted by molar-refractivity contribution is 5.74. The number of nitrogens with one attached hydrogen (secondary N) is 1. The Morgan fingerprint density at radius 1 is 1.33 bits per heavy atom. The Bertz CT molecular complexity index is 522. The van der Waals surface area contributed by atoms with Gasteiger partial charge in [0.1, 0.15) is 11.3 Å². The highest BCUT2D eigenvalue weighted by atomic mass is 15.1. The number of hydrogen-bond acceptors (Lipinski definition) is 3. The monoisotopic (exact) mass is 246 g/mol. The third-order valence-corrected chi connectivity index (χ3v) is 2.95. The lowest BCUT2D eigenvalue weighted by atomic mass is 10.1. The Morgan fingerprint density at radius 3 is 2.78 bits per heavy atom. The van der Waals surface area contributed by atoms with Crippen molar-refractivity contribution < 1.29 is 0 Å². The van der Waals surface area contributed by atoms with Crippen LogP contribution in [0.3, 0.4) is 0 Å². The van der Waals surface area contributed by atoms with Crippen molar-refractivity contribution in [2.75, 3.05) is 6.54 Å². The molecule has 0 saturated heterocycles. The van der Waals surface area contributed by atoms with E-state index in [-0.39, 0.29) is 5.54 Å². The van der Waals surface area contributed by atoms with Gasteiger partial charge in [-0.2, -0.15) is 0 Å². The van der Waals surface area contributed by atoms with E-state index in [0.717, 1.165) is 30.9 Å². The molecule has 0 saturated carbocycles. The van der Waals surface area contributed by atoms with Crippen LogP contribution in [0, 0.1) is 0 Å². The number of aromatic nitrogens is 3. The molecule has 0 atom stereocenters. The van der Waals surface area contributed by atoms with Gasteiger partial charge >= 0.3 is 0 Å². The van der Waals surface area contributed by atoms with Crippen LogP contribution >= 0.6 is 0 Å². The number of rotatable bonds is 4. The number of aryl methyl sites for hydroxylation is 1. The van der Waals surface area contributed by atoms with E-state index in [1.165, 1.54) is 5.52 Å². The summed E-state index contributed by atoms with van der Waals surface area (Å²) in [5, 5.41) is 3.50. The fraction of sp³-hybridized carbons (Fsp3) is 0.571. The van der Waals surface area contributed by atoms with E-state index in [1.807, 2.05) is 18.5 Å². The quantitative estimate of drug-likeness (QED) is 0.900. The predicted octanol–water partition coefficient (Wildman–Crippen LogP) is 2.38. The average molecular weight is 246 g/mol. The second kappa shape index (κ2) is 5.06. The minimum absolute atomic E-state index is 0.157. The Kier molecular flexibility index (Phi) is 3.66. The molecule has 2 rings (SSSR count). The molecule has 1 N–H and O–H groups in total. The lowest BCUT2D eigenvalue weighted by Gasteiger charge is -2.20. The second-order valence-electron chi connectivity index (χ2n) is 5.56. The Hall–Kier alpha value is -1.42. The predicted molar refractivity (Wildman–Crippen MR) is 74.7 cm³/mol. The smallest absolute Gasteiger partial charge is 0.111 e. The Morgan fingerprint density at radius 2 is 2.11 bits per heavy atom. The molecule has 4 nitrogen and oxygen atoms in total. The molecule has 0 amide bonds. The van der Waals surface area contributed by atoms with Crippen LogP contribution in [-0.2, 0) is 13.0 Å². The van der Waals surface area contributed by atoms with Crippen molar-refractivity contribution >= 4 is 11.0 Å². The van der Waals surface area contributed by atoms with Crippen molar-refractivity contribution in [3.8, 4) is 0 Å². The summed E-state index contributed by atoms with van der Waals surface area (Å²) in [4.78, 5) is 8.79. The lowest BCUT2D eigenvalue weighted by Crippen LogP contribution is -2.37. The van der Waals surface area contributed by atoms with Crippen LogP contribution in [-0.4, -0.2) is 26.6 Å². The van der Waals surface area contributed by atoms with E-state index < -0.39 is 0 Å². The first-order valence-corrected chi connectivity index (χ1v) is 6.55. The second-order valence-corrected chi connectivity index (χ2v) is 5.56. The topological polar surface area (TPSA) is 42.7 Å². The van der Waals surface area contributed by atoms with Gasteiger partial charge in [0.05, 0.1) is 11.7 Å². The van der Waals surface area contributed by atoms with Crippen molar-refractivity contribution in [3.63, 3.8) is 0 Å². The molecule has 0 fully saturated rings. The fourth-order valence-corrected chi connectivity index (χ4v) is 2.12. The molecule has 2 aromatic heterocycles. The summed E-state index contributed by atoms with van der Waals surface area (Å²) < 4.78 is 2.27. The molecular formula is C14H22N4. The minimum Gasteiger partial charge on any atom is -0.328 e. The van der Waals surface area contributed by atoms with Gasteiger partial charge in [-0.25, -0.2) is 4.98 Å². The van der Waals surface area contributed by atoms with Gasteiger partial charge in [-0.1, -0.05) is 0 Å². The molecular weight excluding hydrogens is 224 g/mol. The molecule has 2 heterocycles. The lowest BCUT2D eigenvalue weighted by molar-refractivity contribution is 0.425. The summed E-state index contributed by atoms with van der Waals surface area (Å²) in [7, 11) is 0. The van der Waals surface area contributed by atoms with Crippen LogP contribution in [0.1, 0.15) is 33.5 Å². The summed E-state index contributed by atoms with van der Waals surface area (Å²) in [5.74, 6) is 1.14. The average Bonchev–Trinajstić information content (AvgIpc) is 2.64. The SMILES string of the molecule is CCn1c(CCNC(C)(C)C)nc2cnccc21. The summed E-state index contributed by atoms with van der Waals surface area (Å²) in [5.41, 5.74) is 2.33. The van der Waals surface area contributed by atoms with Crippen LogP contribution in [0.25, 0.3) is 11.0 Å². The van der Waals surface area contributed by atoms with Crippen LogP contribution in [0.4, 0.5) is 0 Å². The van der Waals surface area contributed by atoms with Crippen LogP contribution in [0.15, 0.2) is 18.5 Å². The molecule has 4 heteroatoms. The van der Waals surface area contributed by atoms with Crippen LogP contribution in [0.5, 0.6) is 0 Å². The highest BCUT2D eigenvalue weighted by Gasteiger charge is 2.11. The van der Waals surface area contributed by atoms with Gasteiger partial charge in [-0.15, -0.1) is 0 Å². The number of hydrogen-bond donors (Lipinski definition) is 1. The van der Waals surface area contributed by atoms with Crippen molar-refractivity contribution in [3.05, 3.63) is 24.3 Å². The molecule has 0 unspecified atom stereocenters. The maximum absolute atomic E-state index is 4.66. The molecule has 18 heavy (non-hydrogen) atoms. The zero-order chi connectivity index (χ0) is 13.2. The fourth-order valence-electron chi connectivity index (χ4n) is 2.12. The van der Waals surface area contributed by atoms with E-state index in [0.29, 0.717) is 0 Å². The summed E-state index contributed by atoms with van der Waals surface area (Å²) in [6.45, 7) is 10.6. The van der Waals surface area contributed by atoms with Crippen molar-refractivity contribution in [1.29, 1.82) is 0 Å². The molecule has 0 spiro atoms. The minimum atomic E-state index is 0.157. The van der Waals surface area contributed by atoms with E-state index >= 15 is 0 Å². The van der Waals surface area contributed by atoms with E-state index in [9.17, 15) is 0 Å². The van der Waals surface area contributed by atoms with Crippen molar-refractivity contribution in [2.24, 2.45) is 0 Å². The highest BCUT2D eigenvalue weighted by Crippen LogP contribution is 2.15. The van der Waals surface area contributed by atoms with Crippen LogP contribution in [0.2, 0.25) is 0 Å².